The molecule has 0 aliphatic carbocycles. The Hall–Kier alpha value is -1.59. The van der Waals surface area contributed by atoms with E-state index in [1.54, 1.807) is 30.3 Å². The number of amides is 1. The van der Waals surface area contributed by atoms with Gasteiger partial charge in [-0.1, -0.05) is 11.6 Å². The molecule has 2 rings (SSSR count). The van der Waals surface area contributed by atoms with Gasteiger partial charge in [0.05, 0.1) is 24.0 Å². The fraction of sp³-hybridized carbons (Fsp3) is 0.0769. The maximum absolute atomic E-state index is 11.9. The van der Waals surface area contributed by atoms with Crippen molar-refractivity contribution < 1.29 is 4.79 Å². The van der Waals surface area contributed by atoms with Gasteiger partial charge in [0.2, 0.25) is 5.91 Å². The standard InChI is InChI=1S/C13H11BrClN3O/c14-11-5-8(15)1-4-12(11)18-13(19)6-10-3-2-9(16)7-17-10/h1-5,7H,6,16H2,(H,18,19). The number of carbonyl (C=O) groups is 1. The molecule has 0 radical (unpaired) electrons. The average molecular weight is 341 g/mol. The maximum Gasteiger partial charge on any atom is 0.230 e. The van der Waals surface area contributed by atoms with E-state index in [1.165, 1.54) is 6.20 Å². The number of anilines is 2. The first kappa shape index (κ1) is 13.8. The molecular weight excluding hydrogens is 330 g/mol. The molecule has 1 heterocycles. The van der Waals surface area contributed by atoms with Crippen molar-refractivity contribution >= 4 is 44.8 Å². The van der Waals surface area contributed by atoms with E-state index in [2.05, 4.69) is 26.2 Å². The van der Waals surface area contributed by atoms with E-state index in [0.717, 1.165) is 4.47 Å². The minimum atomic E-state index is -0.153. The molecule has 19 heavy (non-hydrogen) atoms. The minimum Gasteiger partial charge on any atom is -0.397 e. The number of hydrogen-bond donors (Lipinski definition) is 2. The van der Waals surface area contributed by atoms with E-state index in [9.17, 15) is 4.79 Å². The van der Waals surface area contributed by atoms with Crippen LogP contribution in [-0.4, -0.2) is 10.9 Å². The lowest BCUT2D eigenvalue weighted by molar-refractivity contribution is -0.115. The van der Waals surface area contributed by atoms with Gasteiger partial charge >= 0.3 is 0 Å². The molecule has 0 aliphatic heterocycles. The molecule has 0 fully saturated rings. The van der Waals surface area contributed by atoms with Gasteiger partial charge in [-0.15, -0.1) is 0 Å². The quantitative estimate of drug-likeness (QED) is 0.901. The van der Waals surface area contributed by atoms with Crippen LogP contribution in [-0.2, 0) is 11.2 Å². The van der Waals surface area contributed by atoms with Gasteiger partial charge in [-0.2, -0.15) is 0 Å². The third-order valence-electron chi connectivity index (χ3n) is 2.39. The van der Waals surface area contributed by atoms with Gasteiger partial charge < -0.3 is 11.1 Å². The number of aromatic nitrogens is 1. The summed E-state index contributed by atoms with van der Waals surface area (Å²) in [6.45, 7) is 0. The van der Waals surface area contributed by atoms with Crippen LogP contribution in [0.5, 0.6) is 0 Å². The lowest BCUT2D eigenvalue weighted by Crippen LogP contribution is -2.15. The number of halogens is 2. The molecule has 1 aromatic carbocycles. The Balaban J connectivity index is 2.03. The molecule has 0 unspecified atom stereocenters. The van der Waals surface area contributed by atoms with Crippen LogP contribution in [0.25, 0.3) is 0 Å². The first-order valence-corrected chi connectivity index (χ1v) is 6.67. The van der Waals surface area contributed by atoms with Crippen molar-refractivity contribution in [1.82, 2.24) is 4.98 Å². The fourth-order valence-corrected chi connectivity index (χ4v) is 2.27. The largest absolute Gasteiger partial charge is 0.397 e. The Kier molecular flexibility index (Phi) is 4.39. The summed E-state index contributed by atoms with van der Waals surface area (Å²) in [4.78, 5) is 15.9. The van der Waals surface area contributed by atoms with Crippen molar-refractivity contribution in [2.75, 3.05) is 11.1 Å². The number of benzene rings is 1. The van der Waals surface area contributed by atoms with E-state index in [4.69, 9.17) is 17.3 Å². The monoisotopic (exact) mass is 339 g/mol. The summed E-state index contributed by atoms with van der Waals surface area (Å²) >= 11 is 9.17. The normalized spacial score (nSPS) is 10.2. The van der Waals surface area contributed by atoms with Crippen molar-refractivity contribution in [3.8, 4) is 0 Å². The zero-order valence-electron chi connectivity index (χ0n) is 9.86. The van der Waals surface area contributed by atoms with Gasteiger partial charge in [-0.3, -0.25) is 9.78 Å². The first-order chi connectivity index (χ1) is 9.04. The highest BCUT2D eigenvalue weighted by Gasteiger charge is 2.07. The van der Waals surface area contributed by atoms with E-state index < -0.39 is 0 Å². The molecule has 1 amide bonds. The van der Waals surface area contributed by atoms with Crippen LogP contribution in [0.4, 0.5) is 11.4 Å². The van der Waals surface area contributed by atoms with Gasteiger partial charge in [0.25, 0.3) is 0 Å². The molecule has 98 valence electrons. The molecule has 0 saturated heterocycles. The van der Waals surface area contributed by atoms with Crippen LogP contribution in [0.15, 0.2) is 41.0 Å². The molecular formula is C13H11BrClN3O. The van der Waals surface area contributed by atoms with E-state index >= 15 is 0 Å². The highest BCUT2D eigenvalue weighted by molar-refractivity contribution is 9.10. The number of hydrogen-bond acceptors (Lipinski definition) is 3. The maximum atomic E-state index is 11.9. The highest BCUT2D eigenvalue weighted by atomic mass is 79.9. The third-order valence-corrected chi connectivity index (χ3v) is 3.29. The molecule has 0 bridgehead atoms. The van der Waals surface area contributed by atoms with Gasteiger partial charge in [0.15, 0.2) is 0 Å². The highest BCUT2D eigenvalue weighted by Crippen LogP contribution is 2.25. The third kappa shape index (κ3) is 3.94. The van der Waals surface area contributed by atoms with Gasteiger partial charge in [0, 0.05) is 15.2 Å². The zero-order chi connectivity index (χ0) is 13.8. The summed E-state index contributed by atoms with van der Waals surface area (Å²) < 4.78 is 0.735. The van der Waals surface area contributed by atoms with E-state index in [1.807, 2.05) is 0 Å². The predicted octanol–water partition coefficient (Wildman–Crippen LogP) is 3.26. The molecule has 0 spiro atoms. The van der Waals surface area contributed by atoms with Crippen LogP contribution < -0.4 is 11.1 Å². The molecule has 0 aliphatic rings. The summed E-state index contributed by atoms with van der Waals surface area (Å²) in [5, 5.41) is 3.39. The summed E-state index contributed by atoms with van der Waals surface area (Å²) in [5.74, 6) is -0.153. The van der Waals surface area contributed by atoms with Crippen molar-refractivity contribution in [1.29, 1.82) is 0 Å². The van der Waals surface area contributed by atoms with Crippen LogP contribution in [0.2, 0.25) is 5.02 Å². The molecule has 0 saturated carbocycles. The Labute approximate surface area is 124 Å². The van der Waals surface area contributed by atoms with E-state index in [0.29, 0.717) is 22.1 Å². The summed E-state index contributed by atoms with van der Waals surface area (Å²) in [6, 6.07) is 8.61. The van der Waals surface area contributed by atoms with Crippen LogP contribution in [0.3, 0.4) is 0 Å². The summed E-state index contributed by atoms with van der Waals surface area (Å²) in [6.07, 6.45) is 1.72. The summed E-state index contributed by atoms with van der Waals surface area (Å²) in [7, 11) is 0. The first-order valence-electron chi connectivity index (χ1n) is 5.50. The van der Waals surface area contributed by atoms with Gasteiger partial charge in [0.1, 0.15) is 0 Å². The summed E-state index contributed by atoms with van der Waals surface area (Å²) in [5.41, 5.74) is 7.44. The minimum absolute atomic E-state index is 0.153. The second kappa shape index (κ2) is 6.04. The Morgan fingerprint density at radius 2 is 2.16 bits per heavy atom. The lowest BCUT2D eigenvalue weighted by atomic mass is 10.2. The molecule has 6 heteroatoms. The SMILES string of the molecule is Nc1ccc(CC(=O)Nc2ccc(Cl)cc2Br)nc1. The number of rotatable bonds is 3. The number of nitrogen functional groups attached to an aromatic ring is 1. The second-order valence-electron chi connectivity index (χ2n) is 3.93. The number of nitrogens with two attached hydrogens (primary N) is 1. The molecule has 0 atom stereocenters. The topological polar surface area (TPSA) is 68.0 Å². The molecule has 4 nitrogen and oxygen atoms in total. The van der Waals surface area contributed by atoms with Crippen molar-refractivity contribution in [3.63, 3.8) is 0 Å². The molecule has 2 aromatic rings. The van der Waals surface area contributed by atoms with Crippen molar-refractivity contribution in [2.24, 2.45) is 0 Å². The lowest BCUT2D eigenvalue weighted by Gasteiger charge is -2.07. The van der Waals surface area contributed by atoms with Gasteiger partial charge in [-0.25, -0.2) is 0 Å². The fourth-order valence-electron chi connectivity index (χ4n) is 1.49. The van der Waals surface area contributed by atoms with Crippen LogP contribution in [0.1, 0.15) is 5.69 Å². The van der Waals surface area contributed by atoms with Gasteiger partial charge in [-0.05, 0) is 46.3 Å². The van der Waals surface area contributed by atoms with E-state index in [-0.39, 0.29) is 12.3 Å². The molecule has 1 aromatic heterocycles. The van der Waals surface area contributed by atoms with Crippen LogP contribution in [0, 0.1) is 0 Å². The Morgan fingerprint density at radius 1 is 1.37 bits per heavy atom. The smallest absolute Gasteiger partial charge is 0.230 e. The van der Waals surface area contributed by atoms with Crippen molar-refractivity contribution in [3.05, 3.63) is 51.7 Å². The van der Waals surface area contributed by atoms with Crippen LogP contribution >= 0.6 is 27.5 Å². The molecule has 3 N–H and O–H groups in total. The second-order valence-corrected chi connectivity index (χ2v) is 5.22. The number of nitrogens with one attached hydrogen (secondary N) is 1. The Morgan fingerprint density at radius 3 is 2.79 bits per heavy atom. The predicted molar refractivity (Wildman–Crippen MR) is 80.1 cm³/mol. The number of pyridine rings is 1. The number of nitrogens with zero attached hydrogens (tertiary/aromatic N) is 1. The average Bonchev–Trinajstić information content (AvgIpc) is 2.36. The zero-order valence-corrected chi connectivity index (χ0v) is 12.2. The Bertz CT molecular complexity index is 601. The van der Waals surface area contributed by atoms with Crippen molar-refractivity contribution in [2.45, 2.75) is 6.42 Å². The number of carbonyl (C=O) groups excluding carboxylic acids is 1.